The molecule has 0 unspecified atom stereocenters. The van der Waals surface area contributed by atoms with Gasteiger partial charge in [0.05, 0.1) is 0 Å². The summed E-state index contributed by atoms with van der Waals surface area (Å²) in [7, 11) is 1.74. The number of ether oxygens (including phenoxy) is 1. The Kier molecular flexibility index (Phi) is 6.09. The van der Waals surface area contributed by atoms with Crippen molar-refractivity contribution in [2.24, 2.45) is 0 Å². The van der Waals surface area contributed by atoms with Gasteiger partial charge in [-0.1, -0.05) is 31.5 Å². The van der Waals surface area contributed by atoms with Crippen LogP contribution in [0.1, 0.15) is 37.5 Å². The molecule has 20 heavy (non-hydrogen) atoms. The van der Waals surface area contributed by atoms with Crippen molar-refractivity contribution in [3.63, 3.8) is 0 Å². The van der Waals surface area contributed by atoms with Gasteiger partial charge in [0.15, 0.2) is 0 Å². The maximum absolute atomic E-state index is 6.01. The molecule has 0 amide bonds. The Morgan fingerprint density at radius 3 is 2.85 bits per heavy atom. The number of aryl methyl sites for hydroxylation is 1. The molecule has 0 saturated heterocycles. The normalized spacial score (nSPS) is 11.3. The fourth-order valence-corrected chi connectivity index (χ4v) is 2.44. The van der Waals surface area contributed by atoms with Gasteiger partial charge in [-0.3, -0.25) is 0 Å². The molecule has 0 atom stereocenters. The van der Waals surface area contributed by atoms with Crippen molar-refractivity contribution < 1.29 is 9.15 Å². The smallest absolute Gasteiger partial charge is 0.134 e. The minimum atomic E-state index is 0.807. The molecular weight excluding hydrogens is 250 g/mol. The molecule has 0 saturated carbocycles. The first kappa shape index (κ1) is 15.1. The number of rotatable bonds is 9. The molecule has 0 fully saturated rings. The summed E-state index contributed by atoms with van der Waals surface area (Å²) >= 11 is 0. The summed E-state index contributed by atoms with van der Waals surface area (Å²) in [6, 6.07) is 8.32. The molecule has 2 rings (SSSR count). The fourth-order valence-electron chi connectivity index (χ4n) is 2.44. The van der Waals surface area contributed by atoms with Gasteiger partial charge >= 0.3 is 0 Å². The van der Waals surface area contributed by atoms with Gasteiger partial charge in [0.1, 0.15) is 11.3 Å². The predicted octanol–water partition coefficient (Wildman–Crippen LogP) is 3.90. The lowest BCUT2D eigenvalue weighted by Crippen LogP contribution is -2.16. The summed E-state index contributed by atoms with van der Waals surface area (Å²) < 4.78 is 11.1. The lowest BCUT2D eigenvalue weighted by atomic mass is 10.1. The molecule has 1 N–H and O–H groups in total. The summed E-state index contributed by atoms with van der Waals surface area (Å²) in [6.45, 7) is 4.87. The monoisotopic (exact) mass is 275 g/mol. The number of furan rings is 1. The van der Waals surface area contributed by atoms with Gasteiger partial charge < -0.3 is 14.5 Å². The topological polar surface area (TPSA) is 34.4 Å². The van der Waals surface area contributed by atoms with E-state index in [-0.39, 0.29) is 0 Å². The zero-order chi connectivity index (χ0) is 14.2. The lowest BCUT2D eigenvalue weighted by molar-refractivity contribution is 0.194. The molecule has 0 aliphatic heterocycles. The van der Waals surface area contributed by atoms with Crippen LogP contribution in [0.5, 0.6) is 0 Å². The van der Waals surface area contributed by atoms with Gasteiger partial charge in [0, 0.05) is 37.6 Å². The minimum absolute atomic E-state index is 0.807. The van der Waals surface area contributed by atoms with E-state index in [1.54, 1.807) is 7.11 Å². The highest BCUT2D eigenvalue weighted by atomic mass is 16.5. The maximum Gasteiger partial charge on any atom is 0.134 e. The third-order valence-corrected chi connectivity index (χ3v) is 3.54. The van der Waals surface area contributed by atoms with Crippen LogP contribution in [0.15, 0.2) is 28.7 Å². The highest BCUT2D eigenvalue weighted by molar-refractivity contribution is 5.82. The second kappa shape index (κ2) is 8.08. The number of para-hydroxylation sites is 1. The number of nitrogens with one attached hydrogen (secondary N) is 1. The summed E-state index contributed by atoms with van der Waals surface area (Å²) in [6.07, 6.45) is 4.44. The number of hydrogen-bond donors (Lipinski definition) is 1. The third-order valence-electron chi connectivity index (χ3n) is 3.54. The number of unbranched alkanes of at least 4 members (excludes halogenated alkanes) is 1. The van der Waals surface area contributed by atoms with Crippen molar-refractivity contribution in [3.05, 3.63) is 35.6 Å². The van der Waals surface area contributed by atoms with Crippen molar-refractivity contribution in [2.75, 3.05) is 20.3 Å². The Morgan fingerprint density at radius 2 is 2.05 bits per heavy atom. The Balaban J connectivity index is 2.07. The van der Waals surface area contributed by atoms with Gasteiger partial charge in [-0.05, 0) is 25.5 Å². The predicted molar refractivity (Wildman–Crippen MR) is 83.0 cm³/mol. The first-order valence-corrected chi connectivity index (χ1v) is 7.55. The van der Waals surface area contributed by atoms with Crippen molar-refractivity contribution in [2.45, 2.75) is 39.2 Å². The summed E-state index contributed by atoms with van der Waals surface area (Å²) in [5.41, 5.74) is 2.33. The SMILES string of the molecule is CCCCc1oc2ccccc2c1CNCCCOC. The van der Waals surface area contributed by atoms with Crippen LogP contribution < -0.4 is 5.32 Å². The number of methoxy groups -OCH3 is 1. The first-order valence-electron chi connectivity index (χ1n) is 7.55. The van der Waals surface area contributed by atoms with E-state index in [2.05, 4.69) is 30.4 Å². The molecular formula is C17H25NO2. The molecule has 0 radical (unpaired) electrons. The maximum atomic E-state index is 6.01. The van der Waals surface area contributed by atoms with Gasteiger partial charge in [0.25, 0.3) is 0 Å². The van der Waals surface area contributed by atoms with Crippen molar-refractivity contribution >= 4 is 11.0 Å². The second-order valence-electron chi connectivity index (χ2n) is 5.13. The molecule has 1 heterocycles. The molecule has 0 aliphatic rings. The van der Waals surface area contributed by atoms with Crippen LogP contribution in [0.3, 0.4) is 0 Å². The zero-order valence-electron chi connectivity index (χ0n) is 12.6. The van der Waals surface area contributed by atoms with E-state index in [1.165, 1.54) is 23.8 Å². The van der Waals surface area contributed by atoms with Crippen LogP contribution >= 0.6 is 0 Å². The zero-order valence-corrected chi connectivity index (χ0v) is 12.6. The number of fused-ring (bicyclic) bond motifs is 1. The van der Waals surface area contributed by atoms with Crippen LogP contribution in [0.2, 0.25) is 0 Å². The molecule has 0 bridgehead atoms. The number of hydrogen-bond acceptors (Lipinski definition) is 3. The van der Waals surface area contributed by atoms with E-state index < -0.39 is 0 Å². The van der Waals surface area contributed by atoms with Crippen molar-refractivity contribution in [3.8, 4) is 0 Å². The fraction of sp³-hybridized carbons (Fsp3) is 0.529. The molecule has 0 spiro atoms. The van der Waals surface area contributed by atoms with Crippen molar-refractivity contribution in [1.82, 2.24) is 5.32 Å². The lowest BCUT2D eigenvalue weighted by Gasteiger charge is -2.05. The Hall–Kier alpha value is -1.32. The summed E-state index contributed by atoms with van der Waals surface area (Å²) in [5.74, 6) is 1.15. The van der Waals surface area contributed by atoms with Crippen LogP contribution in [0, 0.1) is 0 Å². The molecule has 2 aromatic rings. The van der Waals surface area contributed by atoms with E-state index in [1.807, 2.05) is 6.07 Å². The summed E-state index contributed by atoms with van der Waals surface area (Å²) in [4.78, 5) is 0. The molecule has 3 nitrogen and oxygen atoms in total. The molecule has 0 aliphatic carbocycles. The van der Waals surface area contributed by atoms with Gasteiger partial charge in [-0.2, -0.15) is 0 Å². The average Bonchev–Trinajstić information content (AvgIpc) is 2.83. The Labute approximate surface area is 121 Å². The van der Waals surface area contributed by atoms with E-state index in [4.69, 9.17) is 9.15 Å². The van der Waals surface area contributed by atoms with Crippen LogP contribution in [-0.2, 0) is 17.7 Å². The van der Waals surface area contributed by atoms with Crippen LogP contribution in [-0.4, -0.2) is 20.3 Å². The number of benzene rings is 1. The van der Waals surface area contributed by atoms with Crippen LogP contribution in [0.4, 0.5) is 0 Å². The van der Waals surface area contributed by atoms with E-state index in [9.17, 15) is 0 Å². The first-order chi connectivity index (χ1) is 9.86. The van der Waals surface area contributed by atoms with Crippen molar-refractivity contribution in [1.29, 1.82) is 0 Å². The molecule has 1 aromatic carbocycles. The molecule has 110 valence electrons. The second-order valence-corrected chi connectivity index (χ2v) is 5.13. The molecule has 3 heteroatoms. The van der Waals surface area contributed by atoms with E-state index in [0.717, 1.165) is 43.9 Å². The quantitative estimate of drug-likeness (QED) is 0.705. The Morgan fingerprint density at radius 1 is 1.20 bits per heavy atom. The largest absolute Gasteiger partial charge is 0.461 e. The minimum Gasteiger partial charge on any atom is -0.461 e. The van der Waals surface area contributed by atoms with Gasteiger partial charge in [-0.15, -0.1) is 0 Å². The highest BCUT2D eigenvalue weighted by Crippen LogP contribution is 2.27. The van der Waals surface area contributed by atoms with E-state index in [0.29, 0.717) is 0 Å². The average molecular weight is 275 g/mol. The Bertz CT molecular complexity index is 519. The van der Waals surface area contributed by atoms with Gasteiger partial charge in [0.2, 0.25) is 0 Å². The van der Waals surface area contributed by atoms with Crippen LogP contribution in [0.25, 0.3) is 11.0 Å². The van der Waals surface area contributed by atoms with E-state index >= 15 is 0 Å². The highest BCUT2D eigenvalue weighted by Gasteiger charge is 2.12. The summed E-state index contributed by atoms with van der Waals surface area (Å²) in [5, 5.41) is 4.74. The standard InChI is InChI=1S/C17H25NO2/c1-3-4-9-17-15(13-18-11-7-12-19-2)14-8-5-6-10-16(14)20-17/h5-6,8,10,18H,3-4,7,9,11-13H2,1-2H3. The third kappa shape index (κ3) is 3.84. The molecule has 1 aromatic heterocycles. The van der Waals surface area contributed by atoms with Gasteiger partial charge in [-0.25, -0.2) is 0 Å².